The third-order valence-corrected chi connectivity index (χ3v) is 3.67. The number of hydrogen-bond acceptors (Lipinski definition) is 1. The molecule has 0 radical (unpaired) electrons. The van der Waals surface area contributed by atoms with Gasteiger partial charge in [-0.25, -0.2) is 0 Å². The molecule has 0 saturated carbocycles. The van der Waals surface area contributed by atoms with Gasteiger partial charge in [0.25, 0.3) is 5.91 Å². The van der Waals surface area contributed by atoms with Gasteiger partial charge in [0.2, 0.25) is 0 Å². The first-order valence-corrected chi connectivity index (χ1v) is 7.64. The van der Waals surface area contributed by atoms with Gasteiger partial charge < -0.3 is 5.32 Å². The molecule has 2 aromatic rings. The normalized spacial score (nSPS) is 10.3. The Labute approximate surface area is 128 Å². The van der Waals surface area contributed by atoms with E-state index in [4.69, 9.17) is 0 Å². The van der Waals surface area contributed by atoms with Crippen LogP contribution in [0.25, 0.3) is 0 Å². The monoisotopic (exact) mass is 331 g/mol. The summed E-state index contributed by atoms with van der Waals surface area (Å²) in [5, 5.41) is 2.91. The highest BCUT2D eigenvalue weighted by atomic mass is 79.9. The zero-order valence-corrected chi connectivity index (χ0v) is 13.1. The van der Waals surface area contributed by atoms with Crippen LogP contribution in [-0.4, -0.2) is 5.91 Å². The molecule has 1 amide bonds. The van der Waals surface area contributed by atoms with E-state index in [-0.39, 0.29) is 5.91 Å². The summed E-state index contributed by atoms with van der Waals surface area (Å²) >= 11 is 3.36. The summed E-state index contributed by atoms with van der Waals surface area (Å²) in [4.78, 5) is 12.1. The number of carbonyl (C=O) groups is 1. The number of nitrogens with one attached hydrogen (secondary N) is 1. The molecule has 2 aromatic carbocycles. The molecule has 1 N–H and O–H groups in total. The molecule has 0 spiro atoms. The summed E-state index contributed by atoms with van der Waals surface area (Å²) in [6.45, 7) is 2.19. The predicted octanol–water partition coefficient (Wildman–Crippen LogP) is 5.04. The summed E-state index contributed by atoms with van der Waals surface area (Å²) in [5.74, 6) is -0.0844. The molecule has 0 heterocycles. The van der Waals surface area contributed by atoms with Crippen molar-refractivity contribution < 1.29 is 4.79 Å². The maximum Gasteiger partial charge on any atom is 0.255 e. The zero-order chi connectivity index (χ0) is 14.4. The molecule has 0 fully saturated rings. The van der Waals surface area contributed by atoms with Gasteiger partial charge >= 0.3 is 0 Å². The van der Waals surface area contributed by atoms with Gasteiger partial charge in [0.1, 0.15) is 0 Å². The van der Waals surface area contributed by atoms with Crippen LogP contribution in [0.15, 0.2) is 53.0 Å². The SMILES string of the molecule is CCCCc1ccc(NC(=O)c2ccc(Br)cc2)cc1. The van der Waals surface area contributed by atoms with Crippen molar-refractivity contribution in [1.29, 1.82) is 0 Å². The van der Waals surface area contributed by atoms with Crippen molar-refractivity contribution in [3.05, 3.63) is 64.1 Å². The Morgan fingerprint density at radius 1 is 1.05 bits per heavy atom. The second-order valence-electron chi connectivity index (χ2n) is 4.76. The van der Waals surface area contributed by atoms with Crippen LogP contribution in [0.2, 0.25) is 0 Å². The van der Waals surface area contributed by atoms with E-state index in [1.807, 2.05) is 24.3 Å². The predicted molar refractivity (Wildman–Crippen MR) is 87.1 cm³/mol. The second kappa shape index (κ2) is 7.25. The minimum Gasteiger partial charge on any atom is -0.322 e. The van der Waals surface area contributed by atoms with Crippen molar-refractivity contribution in [1.82, 2.24) is 0 Å². The van der Waals surface area contributed by atoms with Crippen LogP contribution in [-0.2, 0) is 6.42 Å². The molecule has 104 valence electrons. The lowest BCUT2D eigenvalue weighted by Gasteiger charge is -2.06. The molecule has 2 rings (SSSR count). The fraction of sp³-hybridized carbons (Fsp3) is 0.235. The van der Waals surface area contributed by atoms with E-state index in [1.165, 1.54) is 18.4 Å². The lowest BCUT2D eigenvalue weighted by Crippen LogP contribution is -2.11. The molecule has 3 heteroatoms. The average Bonchev–Trinajstić information content (AvgIpc) is 2.47. The van der Waals surface area contributed by atoms with Crippen LogP contribution >= 0.6 is 15.9 Å². The number of unbranched alkanes of at least 4 members (excludes halogenated alkanes) is 1. The number of anilines is 1. The first kappa shape index (κ1) is 14.8. The molecule has 20 heavy (non-hydrogen) atoms. The minimum absolute atomic E-state index is 0.0844. The van der Waals surface area contributed by atoms with Crippen LogP contribution in [0, 0.1) is 0 Å². The Bertz CT molecular complexity index is 561. The van der Waals surface area contributed by atoms with Crippen molar-refractivity contribution in [3.8, 4) is 0 Å². The van der Waals surface area contributed by atoms with E-state index in [0.717, 1.165) is 16.6 Å². The van der Waals surface area contributed by atoms with E-state index in [9.17, 15) is 4.79 Å². The summed E-state index contributed by atoms with van der Waals surface area (Å²) in [6.07, 6.45) is 3.49. The van der Waals surface area contributed by atoms with Crippen LogP contribution in [0.4, 0.5) is 5.69 Å². The van der Waals surface area contributed by atoms with Gasteiger partial charge in [0, 0.05) is 15.7 Å². The van der Waals surface area contributed by atoms with Gasteiger partial charge in [0.15, 0.2) is 0 Å². The Hall–Kier alpha value is -1.61. The van der Waals surface area contributed by atoms with Crippen molar-refractivity contribution in [2.75, 3.05) is 5.32 Å². The van der Waals surface area contributed by atoms with Crippen LogP contribution in [0.5, 0.6) is 0 Å². The Balaban J connectivity index is 1.99. The third-order valence-electron chi connectivity index (χ3n) is 3.14. The van der Waals surface area contributed by atoms with Crippen LogP contribution < -0.4 is 5.32 Å². The number of carbonyl (C=O) groups excluding carboxylic acids is 1. The van der Waals surface area contributed by atoms with Gasteiger partial charge in [-0.05, 0) is 54.8 Å². The van der Waals surface area contributed by atoms with E-state index in [2.05, 4.69) is 40.3 Å². The minimum atomic E-state index is -0.0844. The van der Waals surface area contributed by atoms with Crippen molar-refractivity contribution in [3.63, 3.8) is 0 Å². The highest BCUT2D eigenvalue weighted by Gasteiger charge is 2.05. The quantitative estimate of drug-likeness (QED) is 0.816. The lowest BCUT2D eigenvalue weighted by atomic mass is 10.1. The summed E-state index contributed by atoms with van der Waals surface area (Å²) in [7, 11) is 0. The van der Waals surface area contributed by atoms with E-state index < -0.39 is 0 Å². The van der Waals surface area contributed by atoms with Crippen molar-refractivity contribution in [2.24, 2.45) is 0 Å². The van der Waals surface area contributed by atoms with Crippen molar-refractivity contribution in [2.45, 2.75) is 26.2 Å². The molecule has 0 aliphatic carbocycles. The lowest BCUT2D eigenvalue weighted by molar-refractivity contribution is 0.102. The molecular weight excluding hydrogens is 314 g/mol. The first-order valence-electron chi connectivity index (χ1n) is 6.85. The average molecular weight is 332 g/mol. The number of halogens is 1. The number of rotatable bonds is 5. The molecule has 0 atom stereocenters. The Morgan fingerprint density at radius 2 is 1.70 bits per heavy atom. The molecule has 0 aliphatic heterocycles. The number of benzene rings is 2. The number of amides is 1. The molecule has 0 saturated heterocycles. The smallest absolute Gasteiger partial charge is 0.255 e. The zero-order valence-electron chi connectivity index (χ0n) is 11.5. The van der Waals surface area contributed by atoms with E-state index in [1.54, 1.807) is 12.1 Å². The van der Waals surface area contributed by atoms with Gasteiger partial charge in [-0.2, -0.15) is 0 Å². The van der Waals surface area contributed by atoms with Gasteiger partial charge in [-0.1, -0.05) is 41.4 Å². The number of aryl methyl sites for hydroxylation is 1. The fourth-order valence-corrected chi connectivity index (χ4v) is 2.20. The molecule has 0 aliphatic rings. The van der Waals surface area contributed by atoms with Crippen LogP contribution in [0.3, 0.4) is 0 Å². The highest BCUT2D eigenvalue weighted by Crippen LogP contribution is 2.15. The molecular formula is C17H18BrNO. The molecule has 0 unspecified atom stereocenters. The van der Waals surface area contributed by atoms with Crippen molar-refractivity contribution >= 4 is 27.5 Å². The van der Waals surface area contributed by atoms with E-state index in [0.29, 0.717) is 5.56 Å². The van der Waals surface area contributed by atoms with Gasteiger partial charge in [0.05, 0.1) is 0 Å². The highest BCUT2D eigenvalue weighted by molar-refractivity contribution is 9.10. The summed E-state index contributed by atoms with van der Waals surface area (Å²) in [5.41, 5.74) is 2.80. The molecule has 2 nitrogen and oxygen atoms in total. The summed E-state index contributed by atoms with van der Waals surface area (Å²) < 4.78 is 0.967. The second-order valence-corrected chi connectivity index (χ2v) is 5.68. The third kappa shape index (κ3) is 4.20. The van der Waals surface area contributed by atoms with Crippen LogP contribution in [0.1, 0.15) is 35.7 Å². The standard InChI is InChI=1S/C17H18BrNO/c1-2-3-4-13-5-11-16(12-6-13)19-17(20)14-7-9-15(18)10-8-14/h5-12H,2-4H2,1H3,(H,19,20). The first-order chi connectivity index (χ1) is 9.69. The summed E-state index contributed by atoms with van der Waals surface area (Å²) in [6, 6.07) is 15.4. The maximum atomic E-state index is 12.1. The Kier molecular flexibility index (Phi) is 5.36. The van der Waals surface area contributed by atoms with Gasteiger partial charge in [-0.3, -0.25) is 4.79 Å². The number of hydrogen-bond donors (Lipinski definition) is 1. The largest absolute Gasteiger partial charge is 0.322 e. The molecule has 0 bridgehead atoms. The van der Waals surface area contributed by atoms with Gasteiger partial charge in [-0.15, -0.1) is 0 Å². The maximum absolute atomic E-state index is 12.1. The van der Waals surface area contributed by atoms with E-state index >= 15 is 0 Å². The fourth-order valence-electron chi connectivity index (χ4n) is 1.94. The topological polar surface area (TPSA) is 29.1 Å². The molecule has 0 aromatic heterocycles. The Morgan fingerprint density at radius 3 is 2.30 bits per heavy atom.